The molecule has 0 aliphatic rings. The lowest BCUT2D eigenvalue weighted by molar-refractivity contribution is 0.454. The quantitative estimate of drug-likeness (QED) is 0.515. The van der Waals surface area contributed by atoms with E-state index in [-0.39, 0.29) is 22.3 Å². The highest BCUT2D eigenvalue weighted by Crippen LogP contribution is 2.27. The Morgan fingerprint density at radius 1 is 1.00 bits per heavy atom. The minimum absolute atomic E-state index is 0.129. The Labute approximate surface area is 95.8 Å². The van der Waals surface area contributed by atoms with E-state index in [4.69, 9.17) is 0 Å². The second-order valence-electron chi connectivity index (χ2n) is 3.89. The van der Waals surface area contributed by atoms with Gasteiger partial charge in [0, 0.05) is 17.0 Å². The van der Waals surface area contributed by atoms with Crippen LogP contribution in [0.25, 0.3) is 21.8 Å². The van der Waals surface area contributed by atoms with Crippen LogP contribution in [0.5, 0.6) is 11.5 Å². The van der Waals surface area contributed by atoms with E-state index in [0.717, 1.165) is 0 Å². The Kier molecular flexibility index (Phi) is 1.86. The van der Waals surface area contributed by atoms with E-state index in [9.17, 15) is 15.0 Å². The normalized spacial score (nSPS) is 11.1. The Morgan fingerprint density at radius 3 is 2.59 bits per heavy atom. The molecule has 0 saturated carbocycles. The average molecular weight is 227 g/mol. The summed E-state index contributed by atoms with van der Waals surface area (Å²) >= 11 is 0. The van der Waals surface area contributed by atoms with Gasteiger partial charge in [0.25, 0.3) is 0 Å². The number of hydrogen-bond donors (Lipinski definition) is 3. The van der Waals surface area contributed by atoms with Gasteiger partial charge < -0.3 is 15.2 Å². The molecule has 0 spiro atoms. The molecule has 0 aliphatic heterocycles. The molecule has 0 bridgehead atoms. The van der Waals surface area contributed by atoms with Gasteiger partial charge in [-0.25, -0.2) is 0 Å². The van der Waals surface area contributed by atoms with E-state index in [1.54, 1.807) is 18.2 Å². The fraction of sp³-hybridized carbons (Fsp3) is 0. The van der Waals surface area contributed by atoms with Gasteiger partial charge in [-0.15, -0.1) is 0 Å². The number of para-hydroxylation sites is 1. The molecular formula is C13H9NO3. The number of aromatic amines is 1. The van der Waals surface area contributed by atoms with Gasteiger partial charge in [-0.3, -0.25) is 4.79 Å². The molecule has 3 rings (SSSR count). The van der Waals surface area contributed by atoms with Crippen LogP contribution in [0.3, 0.4) is 0 Å². The first-order valence-corrected chi connectivity index (χ1v) is 5.13. The van der Waals surface area contributed by atoms with Crippen molar-refractivity contribution in [3.8, 4) is 11.5 Å². The molecule has 0 fully saturated rings. The standard InChI is InChI=1S/C13H9NO3/c15-7-5-9-12(11(16)6-7)14-10-4-2-1-3-8(10)13(9)17/h1-6,15-16H,(H,14,17). The van der Waals surface area contributed by atoms with Crippen molar-refractivity contribution in [1.29, 1.82) is 0 Å². The second kappa shape index (κ2) is 3.25. The smallest absolute Gasteiger partial charge is 0.197 e. The van der Waals surface area contributed by atoms with Crippen LogP contribution in [0.15, 0.2) is 41.2 Å². The highest BCUT2D eigenvalue weighted by Gasteiger charge is 2.09. The van der Waals surface area contributed by atoms with Gasteiger partial charge in [0.1, 0.15) is 11.5 Å². The highest BCUT2D eigenvalue weighted by molar-refractivity contribution is 5.95. The van der Waals surface area contributed by atoms with Crippen molar-refractivity contribution in [2.75, 3.05) is 0 Å². The minimum Gasteiger partial charge on any atom is -0.508 e. The topological polar surface area (TPSA) is 73.3 Å². The molecule has 17 heavy (non-hydrogen) atoms. The molecule has 84 valence electrons. The van der Waals surface area contributed by atoms with Crippen LogP contribution in [0, 0.1) is 0 Å². The molecule has 1 aromatic heterocycles. The van der Waals surface area contributed by atoms with Gasteiger partial charge in [0.2, 0.25) is 0 Å². The molecule has 0 amide bonds. The van der Waals surface area contributed by atoms with Gasteiger partial charge >= 0.3 is 0 Å². The number of rotatable bonds is 0. The maximum atomic E-state index is 12.2. The summed E-state index contributed by atoms with van der Waals surface area (Å²) in [6.45, 7) is 0. The molecule has 0 aliphatic carbocycles. The predicted molar refractivity (Wildman–Crippen MR) is 65.4 cm³/mol. The van der Waals surface area contributed by atoms with Crippen LogP contribution in [0.2, 0.25) is 0 Å². The minimum atomic E-state index is -0.208. The van der Waals surface area contributed by atoms with Gasteiger partial charge in [-0.2, -0.15) is 0 Å². The third-order valence-corrected chi connectivity index (χ3v) is 2.78. The van der Waals surface area contributed by atoms with Crippen molar-refractivity contribution in [1.82, 2.24) is 4.98 Å². The molecule has 3 aromatic rings. The second-order valence-corrected chi connectivity index (χ2v) is 3.89. The maximum Gasteiger partial charge on any atom is 0.197 e. The monoisotopic (exact) mass is 227 g/mol. The van der Waals surface area contributed by atoms with E-state index < -0.39 is 0 Å². The molecular weight excluding hydrogens is 218 g/mol. The molecule has 3 N–H and O–H groups in total. The summed E-state index contributed by atoms with van der Waals surface area (Å²) < 4.78 is 0. The summed E-state index contributed by atoms with van der Waals surface area (Å²) in [6.07, 6.45) is 0. The number of fused-ring (bicyclic) bond motifs is 2. The van der Waals surface area contributed by atoms with Crippen LogP contribution in [0.4, 0.5) is 0 Å². The highest BCUT2D eigenvalue weighted by atomic mass is 16.3. The van der Waals surface area contributed by atoms with Crippen molar-refractivity contribution >= 4 is 21.8 Å². The van der Waals surface area contributed by atoms with Crippen LogP contribution in [0.1, 0.15) is 0 Å². The van der Waals surface area contributed by atoms with Crippen molar-refractivity contribution in [2.45, 2.75) is 0 Å². The first-order chi connectivity index (χ1) is 8.16. The molecule has 2 aromatic carbocycles. The third-order valence-electron chi connectivity index (χ3n) is 2.78. The fourth-order valence-electron chi connectivity index (χ4n) is 1.99. The van der Waals surface area contributed by atoms with Crippen LogP contribution in [-0.2, 0) is 0 Å². The number of pyridine rings is 1. The summed E-state index contributed by atoms with van der Waals surface area (Å²) in [5.74, 6) is -0.265. The number of hydrogen-bond acceptors (Lipinski definition) is 3. The molecule has 0 atom stereocenters. The number of nitrogens with one attached hydrogen (secondary N) is 1. The number of benzene rings is 2. The van der Waals surface area contributed by atoms with Crippen LogP contribution in [-0.4, -0.2) is 15.2 Å². The van der Waals surface area contributed by atoms with Gasteiger partial charge in [-0.1, -0.05) is 12.1 Å². The number of phenolic OH excluding ortho intramolecular Hbond substituents is 2. The molecule has 0 radical (unpaired) electrons. The van der Waals surface area contributed by atoms with Gasteiger partial charge in [0.15, 0.2) is 5.43 Å². The first kappa shape index (κ1) is 9.72. The van der Waals surface area contributed by atoms with Crippen molar-refractivity contribution < 1.29 is 10.2 Å². The van der Waals surface area contributed by atoms with Gasteiger partial charge in [0.05, 0.1) is 10.9 Å². The molecule has 0 unspecified atom stereocenters. The number of H-pyrrole nitrogens is 1. The maximum absolute atomic E-state index is 12.2. The van der Waals surface area contributed by atoms with Crippen molar-refractivity contribution in [3.05, 3.63) is 46.6 Å². The summed E-state index contributed by atoms with van der Waals surface area (Å²) in [7, 11) is 0. The Morgan fingerprint density at radius 2 is 1.76 bits per heavy atom. The van der Waals surface area contributed by atoms with Crippen molar-refractivity contribution in [2.24, 2.45) is 0 Å². The lowest BCUT2D eigenvalue weighted by atomic mass is 10.1. The van der Waals surface area contributed by atoms with E-state index in [2.05, 4.69) is 4.98 Å². The van der Waals surface area contributed by atoms with E-state index >= 15 is 0 Å². The Balaban J connectivity index is 2.64. The zero-order valence-electron chi connectivity index (χ0n) is 8.77. The number of phenols is 2. The summed E-state index contributed by atoms with van der Waals surface area (Å²) in [5.41, 5.74) is 0.790. The molecule has 1 heterocycles. The molecule has 4 nitrogen and oxygen atoms in total. The molecule has 4 heteroatoms. The Bertz CT molecular complexity index is 790. The summed E-state index contributed by atoms with van der Waals surface area (Å²) in [4.78, 5) is 15.1. The largest absolute Gasteiger partial charge is 0.508 e. The molecule has 0 saturated heterocycles. The van der Waals surface area contributed by atoms with E-state index in [0.29, 0.717) is 16.4 Å². The van der Waals surface area contributed by atoms with Crippen LogP contribution < -0.4 is 5.43 Å². The third kappa shape index (κ3) is 1.34. The lowest BCUT2D eigenvalue weighted by Gasteiger charge is -2.04. The zero-order chi connectivity index (χ0) is 12.0. The predicted octanol–water partition coefficient (Wildman–Crippen LogP) is 2.09. The van der Waals surface area contributed by atoms with Gasteiger partial charge in [-0.05, 0) is 18.2 Å². The van der Waals surface area contributed by atoms with E-state index in [1.807, 2.05) is 6.07 Å². The van der Waals surface area contributed by atoms with Crippen molar-refractivity contribution in [3.63, 3.8) is 0 Å². The first-order valence-electron chi connectivity index (χ1n) is 5.13. The SMILES string of the molecule is O=c1c2ccccc2[nH]c2c(O)cc(O)cc12. The lowest BCUT2D eigenvalue weighted by Crippen LogP contribution is -2.03. The summed E-state index contributed by atoms with van der Waals surface area (Å²) in [5, 5.41) is 19.9. The van der Waals surface area contributed by atoms with E-state index in [1.165, 1.54) is 12.1 Å². The average Bonchev–Trinajstić information content (AvgIpc) is 2.31. The number of aromatic nitrogens is 1. The zero-order valence-corrected chi connectivity index (χ0v) is 8.77. The van der Waals surface area contributed by atoms with Crippen LogP contribution >= 0.6 is 0 Å². The summed E-state index contributed by atoms with van der Waals surface area (Å²) in [6, 6.07) is 9.60. The fourth-order valence-corrected chi connectivity index (χ4v) is 1.99. The number of aromatic hydroxyl groups is 2. The Hall–Kier alpha value is -2.49.